The normalized spacial score (nSPS) is 20.6. The van der Waals surface area contributed by atoms with Crippen molar-refractivity contribution in [3.63, 3.8) is 0 Å². The van der Waals surface area contributed by atoms with E-state index in [9.17, 15) is 4.79 Å². The van der Waals surface area contributed by atoms with Gasteiger partial charge in [-0.05, 0) is 44.6 Å². The Morgan fingerprint density at radius 1 is 1.29 bits per heavy atom. The van der Waals surface area contributed by atoms with Gasteiger partial charge in [0.05, 0.1) is 0 Å². The lowest BCUT2D eigenvalue weighted by Crippen LogP contribution is -2.36. The summed E-state index contributed by atoms with van der Waals surface area (Å²) in [7, 11) is 0. The summed E-state index contributed by atoms with van der Waals surface area (Å²) < 4.78 is 0. The number of aromatic amines is 1. The number of rotatable bonds is 5. The molecule has 0 atom stereocenters. The van der Waals surface area contributed by atoms with E-state index in [-0.39, 0.29) is 5.91 Å². The number of aromatic nitrogens is 4. The second kappa shape index (κ2) is 7.42. The standard InChI is InChI=1S/C17H24N6O/c1-11-9-17(23-22-11)21-15-7-8-18-16(20-15)10-13-3-5-14(6-4-13)19-12(2)24/h7-9,13-14H,3-6,10H2,1-2H3,(H,19,24)(H2,18,20,21,22,23). The Kier molecular flexibility index (Phi) is 5.08. The number of aryl methyl sites for hydroxylation is 1. The predicted octanol–water partition coefficient (Wildman–Crippen LogP) is 2.49. The predicted molar refractivity (Wildman–Crippen MR) is 91.9 cm³/mol. The van der Waals surface area contributed by atoms with Crippen LogP contribution < -0.4 is 10.6 Å². The molecule has 0 aliphatic heterocycles. The summed E-state index contributed by atoms with van der Waals surface area (Å²) in [5.41, 5.74) is 1.00. The van der Waals surface area contributed by atoms with Crippen molar-refractivity contribution in [1.82, 2.24) is 25.5 Å². The van der Waals surface area contributed by atoms with Gasteiger partial charge in [-0.1, -0.05) is 0 Å². The minimum atomic E-state index is 0.0640. The molecule has 0 bridgehead atoms. The molecule has 2 heterocycles. The fourth-order valence-corrected chi connectivity index (χ4v) is 3.24. The highest BCUT2D eigenvalue weighted by Gasteiger charge is 2.22. The maximum Gasteiger partial charge on any atom is 0.217 e. The van der Waals surface area contributed by atoms with Gasteiger partial charge in [0.2, 0.25) is 5.91 Å². The number of nitrogens with one attached hydrogen (secondary N) is 3. The van der Waals surface area contributed by atoms with Gasteiger partial charge in [0, 0.05) is 37.3 Å². The van der Waals surface area contributed by atoms with Crippen LogP contribution in [0.25, 0.3) is 0 Å². The summed E-state index contributed by atoms with van der Waals surface area (Å²) >= 11 is 0. The lowest BCUT2D eigenvalue weighted by molar-refractivity contribution is -0.119. The Bertz CT molecular complexity index is 690. The zero-order chi connectivity index (χ0) is 16.9. The van der Waals surface area contributed by atoms with E-state index in [0.29, 0.717) is 12.0 Å². The van der Waals surface area contributed by atoms with Crippen LogP contribution in [0.15, 0.2) is 18.3 Å². The number of amides is 1. The van der Waals surface area contributed by atoms with Gasteiger partial charge in [-0.15, -0.1) is 0 Å². The average molecular weight is 328 g/mol. The monoisotopic (exact) mass is 328 g/mol. The maximum absolute atomic E-state index is 11.1. The van der Waals surface area contributed by atoms with Gasteiger partial charge in [-0.2, -0.15) is 5.10 Å². The second-order valence-corrected chi connectivity index (χ2v) is 6.54. The van der Waals surface area contributed by atoms with E-state index < -0.39 is 0 Å². The van der Waals surface area contributed by atoms with Crippen molar-refractivity contribution in [2.45, 2.75) is 52.0 Å². The molecule has 0 spiro atoms. The number of carbonyl (C=O) groups excluding carboxylic acids is 1. The van der Waals surface area contributed by atoms with E-state index >= 15 is 0 Å². The number of carbonyl (C=O) groups is 1. The van der Waals surface area contributed by atoms with Crippen LogP contribution in [0.3, 0.4) is 0 Å². The summed E-state index contributed by atoms with van der Waals surface area (Å²) in [5, 5.41) is 13.3. The maximum atomic E-state index is 11.1. The summed E-state index contributed by atoms with van der Waals surface area (Å²) in [6.07, 6.45) is 6.94. The van der Waals surface area contributed by atoms with Gasteiger partial charge in [0.25, 0.3) is 0 Å². The first-order chi connectivity index (χ1) is 11.6. The van der Waals surface area contributed by atoms with Crippen molar-refractivity contribution in [3.8, 4) is 0 Å². The Labute approximate surface area is 141 Å². The first-order valence-corrected chi connectivity index (χ1v) is 8.46. The van der Waals surface area contributed by atoms with E-state index in [0.717, 1.165) is 55.3 Å². The van der Waals surface area contributed by atoms with Crippen LogP contribution in [0.2, 0.25) is 0 Å². The van der Waals surface area contributed by atoms with Gasteiger partial charge in [-0.3, -0.25) is 9.89 Å². The molecule has 3 N–H and O–H groups in total. The molecule has 1 saturated carbocycles. The molecule has 0 aromatic carbocycles. The van der Waals surface area contributed by atoms with Gasteiger partial charge in [-0.25, -0.2) is 9.97 Å². The molecule has 2 aromatic rings. The molecule has 24 heavy (non-hydrogen) atoms. The van der Waals surface area contributed by atoms with Crippen LogP contribution >= 0.6 is 0 Å². The topological polar surface area (TPSA) is 95.6 Å². The third kappa shape index (κ3) is 4.53. The summed E-state index contributed by atoms with van der Waals surface area (Å²) in [4.78, 5) is 20.1. The molecule has 7 nitrogen and oxygen atoms in total. The largest absolute Gasteiger partial charge is 0.354 e. The van der Waals surface area contributed by atoms with Crippen LogP contribution in [-0.2, 0) is 11.2 Å². The van der Waals surface area contributed by atoms with Crippen molar-refractivity contribution in [2.24, 2.45) is 5.92 Å². The van der Waals surface area contributed by atoms with Crippen molar-refractivity contribution >= 4 is 17.5 Å². The van der Waals surface area contributed by atoms with Crippen molar-refractivity contribution in [2.75, 3.05) is 5.32 Å². The lowest BCUT2D eigenvalue weighted by atomic mass is 9.84. The molecule has 0 unspecified atom stereocenters. The SMILES string of the molecule is CC(=O)NC1CCC(Cc2nccc(Nc3cc(C)[nH]n3)n2)CC1. The van der Waals surface area contributed by atoms with Crippen LogP contribution in [0.5, 0.6) is 0 Å². The Balaban J connectivity index is 1.54. The quantitative estimate of drug-likeness (QED) is 0.784. The van der Waals surface area contributed by atoms with Gasteiger partial charge >= 0.3 is 0 Å². The first-order valence-electron chi connectivity index (χ1n) is 8.46. The second-order valence-electron chi connectivity index (χ2n) is 6.54. The Morgan fingerprint density at radius 3 is 2.75 bits per heavy atom. The molecular weight excluding hydrogens is 304 g/mol. The average Bonchev–Trinajstić information content (AvgIpc) is 2.94. The molecule has 128 valence electrons. The van der Waals surface area contributed by atoms with E-state index in [2.05, 4.69) is 30.8 Å². The van der Waals surface area contributed by atoms with E-state index in [1.165, 1.54) is 0 Å². The Hall–Kier alpha value is -2.44. The molecule has 1 aliphatic carbocycles. The van der Waals surface area contributed by atoms with Crippen molar-refractivity contribution in [3.05, 3.63) is 29.8 Å². The number of nitrogens with zero attached hydrogens (tertiary/aromatic N) is 3. The van der Waals surface area contributed by atoms with Gasteiger partial charge in [0.1, 0.15) is 11.6 Å². The van der Waals surface area contributed by atoms with E-state index in [4.69, 9.17) is 0 Å². The van der Waals surface area contributed by atoms with Crippen LogP contribution in [0, 0.1) is 12.8 Å². The third-order valence-corrected chi connectivity index (χ3v) is 4.39. The van der Waals surface area contributed by atoms with Crippen molar-refractivity contribution in [1.29, 1.82) is 0 Å². The van der Waals surface area contributed by atoms with Crippen LogP contribution in [-0.4, -0.2) is 32.1 Å². The fraction of sp³-hybridized carbons (Fsp3) is 0.529. The van der Waals surface area contributed by atoms with Gasteiger partial charge in [0.15, 0.2) is 5.82 Å². The lowest BCUT2D eigenvalue weighted by Gasteiger charge is -2.28. The highest BCUT2D eigenvalue weighted by Crippen LogP contribution is 2.27. The van der Waals surface area contributed by atoms with E-state index in [1.54, 1.807) is 13.1 Å². The fourth-order valence-electron chi connectivity index (χ4n) is 3.24. The Morgan fingerprint density at radius 2 is 2.08 bits per heavy atom. The number of hydrogen-bond acceptors (Lipinski definition) is 5. The molecule has 3 rings (SSSR count). The summed E-state index contributed by atoms with van der Waals surface area (Å²) in [6.45, 7) is 3.54. The number of hydrogen-bond donors (Lipinski definition) is 3. The molecule has 1 fully saturated rings. The smallest absolute Gasteiger partial charge is 0.217 e. The molecule has 0 saturated heterocycles. The zero-order valence-corrected chi connectivity index (χ0v) is 14.2. The summed E-state index contributed by atoms with van der Waals surface area (Å²) in [5.74, 6) is 3.02. The molecule has 7 heteroatoms. The number of H-pyrrole nitrogens is 1. The van der Waals surface area contributed by atoms with Gasteiger partial charge < -0.3 is 10.6 Å². The minimum absolute atomic E-state index is 0.0640. The van der Waals surface area contributed by atoms with Crippen LogP contribution in [0.1, 0.15) is 44.1 Å². The van der Waals surface area contributed by atoms with Crippen molar-refractivity contribution < 1.29 is 4.79 Å². The number of anilines is 2. The zero-order valence-electron chi connectivity index (χ0n) is 14.2. The molecular formula is C17H24N6O. The molecule has 1 aliphatic rings. The molecule has 0 radical (unpaired) electrons. The summed E-state index contributed by atoms with van der Waals surface area (Å²) in [6, 6.07) is 4.11. The van der Waals surface area contributed by atoms with Crippen LogP contribution in [0.4, 0.5) is 11.6 Å². The van der Waals surface area contributed by atoms with E-state index in [1.807, 2.05) is 19.1 Å². The molecule has 2 aromatic heterocycles. The first kappa shape index (κ1) is 16.4. The minimum Gasteiger partial charge on any atom is -0.354 e. The highest BCUT2D eigenvalue weighted by molar-refractivity contribution is 5.73. The highest BCUT2D eigenvalue weighted by atomic mass is 16.1. The third-order valence-electron chi connectivity index (χ3n) is 4.39. The molecule has 1 amide bonds.